The number of nitrogens with zero attached hydrogens (tertiary/aromatic N) is 5. The van der Waals surface area contributed by atoms with E-state index in [0.717, 1.165) is 11.2 Å². The molecular weight excluding hydrogens is 532 g/mol. The molecular formula is C27H28ClF2N5O4. The van der Waals surface area contributed by atoms with Gasteiger partial charge in [-0.15, -0.1) is 11.6 Å². The molecule has 2 fully saturated rings. The zero-order chi connectivity index (χ0) is 27.5. The predicted molar refractivity (Wildman–Crippen MR) is 142 cm³/mol. The smallest absolute Gasteiger partial charge is 0.246 e. The van der Waals surface area contributed by atoms with Crippen LogP contribution < -0.4 is 9.64 Å². The quantitative estimate of drug-likeness (QED) is 0.267. The number of carbonyl (C=O) groups is 1. The van der Waals surface area contributed by atoms with E-state index in [1.807, 2.05) is 0 Å². The fourth-order valence-corrected chi connectivity index (χ4v) is 5.15. The number of anilines is 1. The van der Waals surface area contributed by atoms with E-state index < -0.39 is 23.7 Å². The largest absolute Gasteiger partial charge is 0.507 e. The molecule has 5 rings (SSSR count). The number of amides is 1. The molecule has 3 atom stereocenters. The van der Waals surface area contributed by atoms with Crippen LogP contribution in [0.25, 0.3) is 10.9 Å². The molecule has 2 aromatic carbocycles. The number of rotatable bonds is 7. The summed E-state index contributed by atoms with van der Waals surface area (Å²) in [5.74, 6) is -0.0327. The van der Waals surface area contributed by atoms with E-state index in [1.165, 1.54) is 35.5 Å². The second-order valence-electron chi connectivity index (χ2n) is 9.28. The van der Waals surface area contributed by atoms with Crippen LogP contribution >= 0.6 is 11.6 Å². The number of benzene rings is 2. The van der Waals surface area contributed by atoms with Gasteiger partial charge in [0.05, 0.1) is 24.3 Å². The highest BCUT2D eigenvalue weighted by molar-refractivity contribution is 6.20. The number of carbonyl (C=O) groups excluding carboxylic acids is 1. The zero-order valence-electron chi connectivity index (χ0n) is 21.0. The van der Waals surface area contributed by atoms with Crippen molar-refractivity contribution in [3.05, 3.63) is 66.8 Å². The number of aromatic nitrogens is 2. The number of aromatic hydroxyl groups is 1. The molecule has 1 aromatic heterocycles. The van der Waals surface area contributed by atoms with Crippen LogP contribution in [-0.2, 0) is 9.53 Å². The van der Waals surface area contributed by atoms with Gasteiger partial charge in [0.1, 0.15) is 41.1 Å². The molecule has 2 saturated heterocycles. The molecule has 206 valence electrons. The Kier molecular flexibility index (Phi) is 8.10. The van der Waals surface area contributed by atoms with Crippen molar-refractivity contribution < 1.29 is 28.2 Å². The zero-order valence-corrected chi connectivity index (χ0v) is 21.8. The van der Waals surface area contributed by atoms with E-state index >= 15 is 0 Å². The van der Waals surface area contributed by atoms with Crippen molar-refractivity contribution in [1.82, 2.24) is 19.8 Å². The first-order chi connectivity index (χ1) is 18.9. The fraction of sp³-hybridized carbons (Fsp3) is 0.370. The molecule has 39 heavy (non-hydrogen) atoms. The number of hydrogen-bond donors (Lipinski definition) is 1. The summed E-state index contributed by atoms with van der Waals surface area (Å²) in [7, 11) is 0. The Labute approximate surface area is 229 Å². The number of piperazine rings is 1. The summed E-state index contributed by atoms with van der Waals surface area (Å²) >= 11 is 6.30. The molecule has 0 spiro atoms. The van der Waals surface area contributed by atoms with Crippen LogP contribution in [0.3, 0.4) is 0 Å². The van der Waals surface area contributed by atoms with Gasteiger partial charge in [-0.05, 0) is 30.3 Å². The molecule has 0 unspecified atom stereocenters. The number of fused-ring (bicyclic) bond motifs is 1. The first kappa shape index (κ1) is 27.0. The minimum absolute atomic E-state index is 0.101. The summed E-state index contributed by atoms with van der Waals surface area (Å²) in [4.78, 5) is 25.9. The van der Waals surface area contributed by atoms with Crippen molar-refractivity contribution in [1.29, 1.82) is 0 Å². The van der Waals surface area contributed by atoms with Crippen LogP contribution in [0.2, 0.25) is 0 Å². The summed E-state index contributed by atoms with van der Waals surface area (Å²) in [6, 6.07) is 9.12. The third kappa shape index (κ3) is 5.75. The predicted octanol–water partition coefficient (Wildman–Crippen LogP) is 3.62. The summed E-state index contributed by atoms with van der Waals surface area (Å²) in [6.45, 7) is 5.63. The summed E-state index contributed by atoms with van der Waals surface area (Å²) < 4.78 is 40.9. The van der Waals surface area contributed by atoms with E-state index in [-0.39, 0.29) is 37.0 Å². The Hall–Kier alpha value is -3.54. The molecule has 2 aliphatic rings. The van der Waals surface area contributed by atoms with Gasteiger partial charge in [0.15, 0.2) is 6.30 Å². The van der Waals surface area contributed by atoms with Gasteiger partial charge in [0, 0.05) is 44.2 Å². The number of ether oxygens (including phenoxy) is 2. The monoisotopic (exact) mass is 559 g/mol. The number of halogens is 3. The fourth-order valence-electron chi connectivity index (χ4n) is 4.86. The summed E-state index contributed by atoms with van der Waals surface area (Å²) in [5.41, 5.74) is -0.304. The number of hydrogen-bond acceptors (Lipinski definition) is 8. The average Bonchev–Trinajstić information content (AvgIpc) is 2.94. The molecule has 2 aliphatic heterocycles. The van der Waals surface area contributed by atoms with Gasteiger partial charge in [-0.3, -0.25) is 4.79 Å². The van der Waals surface area contributed by atoms with Crippen LogP contribution in [0, 0.1) is 5.82 Å². The number of morpholine rings is 1. The Morgan fingerprint density at radius 2 is 2.03 bits per heavy atom. The lowest BCUT2D eigenvalue weighted by molar-refractivity contribution is -0.126. The highest BCUT2D eigenvalue weighted by Gasteiger charge is 2.35. The van der Waals surface area contributed by atoms with Gasteiger partial charge in [-0.2, -0.15) is 0 Å². The molecule has 12 heteroatoms. The third-order valence-corrected chi connectivity index (χ3v) is 7.27. The van der Waals surface area contributed by atoms with Crippen LogP contribution in [0.5, 0.6) is 11.5 Å². The lowest BCUT2D eigenvalue weighted by Crippen LogP contribution is -2.49. The second kappa shape index (κ2) is 11.7. The third-order valence-electron chi connectivity index (χ3n) is 6.89. The van der Waals surface area contributed by atoms with Crippen molar-refractivity contribution in [2.45, 2.75) is 17.9 Å². The standard InChI is InChI=1S/C27H28ClF2N5O4/c1-2-25(37)33-8-10-34(11-9-33)27-18-7-6-17(12-20(18)31-16-32-27)39-22(26-19(29)4-3-5-21(26)36)13-35-23(28)14-38-15-24(35)30/h2-7,12,16,22-24,36H,1,8-11,13-15H2/t22-,23-,24-/m0/s1. The Morgan fingerprint density at radius 1 is 1.23 bits per heavy atom. The van der Waals surface area contributed by atoms with Gasteiger partial charge in [-0.1, -0.05) is 12.6 Å². The van der Waals surface area contributed by atoms with E-state index in [2.05, 4.69) is 21.4 Å². The van der Waals surface area contributed by atoms with Crippen molar-refractivity contribution in [2.24, 2.45) is 0 Å². The minimum atomic E-state index is -1.52. The Balaban J connectivity index is 1.42. The molecule has 0 radical (unpaired) electrons. The van der Waals surface area contributed by atoms with E-state index in [1.54, 1.807) is 23.1 Å². The van der Waals surface area contributed by atoms with Gasteiger partial charge in [0.2, 0.25) is 5.91 Å². The van der Waals surface area contributed by atoms with Crippen LogP contribution in [0.1, 0.15) is 11.7 Å². The molecule has 3 aromatic rings. The number of phenols is 1. The number of alkyl halides is 2. The molecule has 3 heterocycles. The maximum Gasteiger partial charge on any atom is 0.246 e. The molecule has 0 aliphatic carbocycles. The van der Waals surface area contributed by atoms with Crippen molar-refractivity contribution >= 4 is 34.2 Å². The first-order valence-electron chi connectivity index (χ1n) is 12.5. The highest BCUT2D eigenvalue weighted by atomic mass is 35.5. The molecule has 0 bridgehead atoms. The molecule has 1 N–H and O–H groups in total. The van der Waals surface area contributed by atoms with Gasteiger partial charge >= 0.3 is 0 Å². The summed E-state index contributed by atoms with van der Waals surface area (Å²) in [6.07, 6.45) is 0.155. The normalized spacial score (nSPS) is 21.1. The average molecular weight is 560 g/mol. The minimum Gasteiger partial charge on any atom is -0.507 e. The van der Waals surface area contributed by atoms with E-state index in [9.17, 15) is 18.7 Å². The van der Waals surface area contributed by atoms with Crippen molar-refractivity contribution in [3.8, 4) is 11.5 Å². The lowest BCUT2D eigenvalue weighted by atomic mass is 10.1. The van der Waals surface area contributed by atoms with E-state index in [0.29, 0.717) is 37.4 Å². The Bertz CT molecular complexity index is 1330. The van der Waals surface area contributed by atoms with Crippen molar-refractivity contribution in [2.75, 3.05) is 50.8 Å². The van der Waals surface area contributed by atoms with Gasteiger partial charge < -0.3 is 24.4 Å². The molecule has 1 amide bonds. The molecule has 0 saturated carbocycles. The summed E-state index contributed by atoms with van der Waals surface area (Å²) in [5, 5.41) is 11.3. The van der Waals surface area contributed by atoms with Crippen LogP contribution in [0.15, 0.2) is 55.4 Å². The van der Waals surface area contributed by atoms with E-state index in [4.69, 9.17) is 21.1 Å². The molecule has 9 nitrogen and oxygen atoms in total. The maximum absolute atomic E-state index is 14.9. The Morgan fingerprint density at radius 3 is 2.74 bits per heavy atom. The highest BCUT2D eigenvalue weighted by Crippen LogP contribution is 2.35. The van der Waals surface area contributed by atoms with Gasteiger partial charge in [-0.25, -0.2) is 23.6 Å². The number of phenolic OH excluding ortho intramolecular Hbond substituents is 1. The lowest BCUT2D eigenvalue weighted by Gasteiger charge is -2.37. The second-order valence-corrected chi connectivity index (χ2v) is 9.78. The van der Waals surface area contributed by atoms with Crippen LogP contribution in [-0.4, -0.2) is 88.5 Å². The first-order valence-corrected chi connectivity index (χ1v) is 13.0. The topological polar surface area (TPSA) is 91.3 Å². The van der Waals surface area contributed by atoms with Crippen molar-refractivity contribution in [3.63, 3.8) is 0 Å². The van der Waals surface area contributed by atoms with Gasteiger partial charge in [0.25, 0.3) is 0 Å². The maximum atomic E-state index is 14.9. The van der Waals surface area contributed by atoms with Crippen LogP contribution in [0.4, 0.5) is 14.6 Å². The SMILES string of the molecule is C=CC(=O)N1CCN(c2ncnc3cc(O[C@@H](CN4[C@H](F)COC[C@H]4Cl)c4c(O)cccc4F)ccc23)CC1.